The monoisotopic (exact) mass is 341 g/mol. The molecule has 1 aromatic rings. The molecular formula is C16H24BrNO2. The maximum Gasteiger partial charge on any atom is 0.412 e. The molecule has 0 saturated heterocycles. The molecule has 0 unspecified atom stereocenters. The molecule has 20 heavy (non-hydrogen) atoms. The van der Waals surface area contributed by atoms with Crippen molar-refractivity contribution in [1.82, 2.24) is 0 Å². The third-order valence-corrected chi connectivity index (χ3v) is 4.13. The second kappa shape index (κ2) is 6.61. The highest BCUT2D eigenvalue weighted by Crippen LogP contribution is 2.25. The van der Waals surface area contributed by atoms with E-state index in [2.05, 4.69) is 41.2 Å². The van der Waals surface area contributed by atoms with E-state index in [0.717, 1.165) is 17.4 Å². The van der Waals surface area contributed by atoms with Crippen LogP contribution in [0.3, 0.4) is 0 Å². The first kappa shape index (κ1) is 17.0. The van der Waals surface area contributed by atoms with E-state index >= 15 is 0 Å². The number of alkyl halides is 1. The van der Waals surface area contributed by atoms with Gasteiger partial charge in [0.1, 0.15) is 5.60 Å². The molecule has 4 heteroatoms. The largest absolute Gasteiger partial charge is 0.444 e. The number of hydrogen-bond acceptors (Lipinski definition) is 2. The highest BCUT2D eigenvalue weighted by Gasteiger charge is 2.18. The highest BCUT2D eigenvalue weighted by atomic mass is 79.9. The van der Waals surface area contributed by atoms with Gasteiger partial charge in [0.25, 0.3) is 0 Å². The van der Waals surface area contributed by atoms with Crippen molar-refractivity contribution < 1.29 is 9.53 Å². The molecule has 0 aliphatic carbocycles. The van der Waals surface area contributed by atoms with E-state index in [1.54, 1.807) is 0 Å². The summed E-state index contributed by atoms with van der Waals surface area (Å²) < 4.78 is 5.25. The Morgan fingerprint density at radius 1 is 1.25 bits per heavy atom. The smallest absolute Gasteiger partial charge is 0.412 e. The van der Waals surface area contributed by atoms with E-state index in [1.807, 2.05) is 39.0 Å². The van der Waals surface area contributed by atoms with Gasteiger partial charge in [-0.25, -0.2) is 4.79 Å². The first-order valence-electron chi connectivity index (χ1n) is 6.76. The van der Waals surface area contributed by atoms with Crippen LogP contribution in [0.25, 0.3) is 0 Å². The van der Waals surface area contributed by atoms with Crippen molar-refractivity contribution in [3.05, 3.63) is 29.8 Å². The average molecular weight is 342 g/mol. The van der Waals surface area contributed by atoms with Crippen molar-refractivity contribution in [2.45, 2.75) is 46.6 Å². The maximum absolute atomic E-state index is 11.7. The van der Waals surface area contributed by atoms with Crippen molar-refractivity contribution in [2.24, 2.45) is 5.41 Å². The number of anilines is 1. The second-order valence-electron chi connectivity index (χ2n) is 6.80. The minimum absolute atomic E-state index is 0.185. The van der Waals surface area contributed by atoms with Crippen LogP contribution < -0.4 is 5.32 Å². The average Bonchev–Trinajstić information content (AvgIpc) is 2.26. The van der Waals surface area contributed by atoms with Gasteiger partial charge >= 0.3 is 6.09 Å². The number of carbonyl (C=O) groups is 1. The summed E-state index contributed by atoms with van der Waals surface area (Å²) in [5.41, 5.74) is 1.66. The van der Waals surface area contributed by atoms with Crippen LogP contribution in [0.1, 0.15) is 40.2 Å². The zero-order chi connectivity index (χ0) is 15.4. The number of nitrogens with one attached hydrogen (secondary N) is 1. The van der Waals surface area contributed by atoms with E-state index in [4.69, 9.17) is 4.74 Å². The molecule has 0 aliphatic heterocycles. The van der Waals surface area contributed by atoms with Crippen LogP contribution in [0.2, 0.25) is 0 Å². The van der Waals surface area contributed by atoms with Gasteiger partial charge in [0.2, 0.25) is 0 Å². The predicted molar refractivity (Wildman–Crippen MR) is 87.6 cm³/mol. The zero-order valence-electron chi connectivity index (χ0n) is 12.9. The van der Waals surface area contributed by atoms with E-state index in [-0.39, 0.29) is 5.41 Å². The summed E-state index contributed by atoms with van der Waals surface area (Å²) in [6, 6.07) is 7.89. The number of ether oxygens (including phenoxy) is 1. The van der Waals surface area contributed by atoms with Gasteiger partial charge in [0.05, 0.1) is 0 Å². The van der Waals surface area contributed by atoms with Crippen LogP contribution in [0.15, 0.2) is 24.3 Å². The van der Waals surface area contributed by atoms with Crippen LogP contribution in [-0.2, 0) is 11.2 Å². The lowest BCUT2D eigenvalue weighted by Crippen LogP contribution is -2.27. The van der Waals surface area contributed by atoms with Gasteiger partial charge in [-0.05, 0) is 50.3 Å². The zero-order valence-corrected chi connectivity index (χ0v) is 14.5. The molecule has 1 rings (SSSR count). The summed E-state index contributed by atoms with van der Waals surface area (Å²) in [4.78, 5) is 11.7. The molecule has 0 bridgehead atoms. The molecule has 0 aromatic heterocycles. The Morgan fingerprint density at radius 2 is 1.90 bits per heavy atom. The van der Waals surface area contributed by atoms with Crippen molar-refractivity contribution >= 4 is 27.7 Å². The van der Waals surface area contributed by atoms with Crippen LogP contribution in [0.4, 0.5) is 10.5 Å². The third-order valence-electron chi connectivity index (χ3n) is 2.62. The van der Waals surface area contributed by atoms with Gasteiger partial charge in [-0.2, -0.15) is 0 Å². The van der Waals surface area contributed by atoms with Crippen LogP contribution in [-0.4, -0.2) is 17.0 Å². The SMILES string of the molecule is CC(C)(CBr)Cc1cccc(NC(=O)OC(C)(C)C)c1. The van der Waals surface area contributed by atoms with E-state index in [9.17, 15) is 4.79 Å². The summed E-state index contributed by atoms with van der Waals surface area (Å²) in [7, 11) is 0. The Bertz CT molecular complexity index is 464. The van der Waals surface area contributed by atoms with Gasteiger partial charge in [0, 0.05) is 11.0 Å². The lowest BCUT2D eigenvalue weighted by atomic mass is 9.88. The number of halogens is 1. The van der Waals surface area contributed by atoms with Gasteiger partial charge < -0.3 is 4.74 Å². The predicted octanol–water partition coefficient (Wildman–Crippen LogP) is 5.00. The highest BCUT2D eigenvalue weighted by molar-refractivity contribution is 9.09. The van der Waals surface area contributed by atoms with E-state index in [1.165, 1.54) is 5.56 Å². The molecule has 112 valence electrons. The fourth-order valence-corrected chi connectivity index (χ4v) is 1.98. The Morgan fingerprint density at radius 3 is 2.45 bits per heavy atom. The lowest BCUT2D eigenvalue weighted by Gasteiger charge is -2.22. The number of amides is 1. The molecule has 0 radical (unpaired) electrons. The van der Waals surface area contributed by atoms with Crippen molar-refractivity contribution in [3.8, 4) is 0 Å². The topological polar surface area (TPSA) is 38.3 Å². The first-order valence-corrected chi connectivity index (χ1v) is 7.88. The fourth-order valence-electron chi connectivity index (χ4n) is 1.78. The Kier molecular flexibility index (Phi) is 5.63. The minimum Gasteiger partial charge on any atom is -0.444 e. The summed E-state index contributed by atoms with van der Waals surface area (Å²) >= 11 is 3.53. The van der Waals surface area contributed by atoms with Crippen molar-refractivity contribution in [1.29, 1.82) is 0 Å². The Labute approximate surface area is 130 Å². The Hall–Kier alpha value is -1.03. The number of benzene rings is 1. The number of carbonyl (C=O) groups excluding carboxylic acids is 1. The van der Waals surface area contributed by atoms with Crippen LogP contribution in [0.5, 0.6) is 0 Å². The van der Waals surface area contributed by atoms with Gasteiger partial charge in [-0.1, -0.05) is 41.9 Å². The van der Waals surface area contributed by atoms with Crippen LogP contribution >= 0.6 is 15.9 Å². The summed E-state index contributed by atoms with van der Waals surface area (Å²) in [6.45, 7) is 9.95. The standard InChI is InChI=1S/C16H24BrNO2/c1-15(2,3)20-14(19)18-13-8-6-7-12(9-13)10-16(4,5)11-17/h6-9H,10-11H2,1-5H3,(H,18,19). The summed E-state index contributed by atoms with van der Waals surface area (Å²) in [6.07, 6.45) is 0.525. The third kappa shape index (κ3) is 6.42. The minimum atomic E-state index is -0.486. The normalized spacial score (nSPS) is 12.1. The van der Waals surface area contributed by atoms with Gasteiger partial charge in [-0.15, -0.1) is 0 Å². The molecule has 3 nitrogen and oxygen atoms in total. The molecule has 0 saturated carbocycles. The fraction of sp³-hybridized carbons (Fsp3) is 0.562. The summed E-state index contributed by atoms with van der Waals surface area (Å²) in [5, 5.41) is 3.70. The number of rotatable bonds is 4. The molecule has 1 N–H and O–H groups in total. The molecule has 0 spiro atoms. The molecule has 1 aromatic carbocycles. The second-order valence-corrected chi connectivity index (χ2v) is 7.36. The van der Waals surface area contributed by atoms with Gasteiger partial charge in [-0.3, -0.25) is 5.32 Å². The van der Waals surface area contributed by atoms with Gasteiger partial charge in [0.15, 0.2) is 0 Å². The van der Waals surface area contributed by atoms with Crippen molar-refractivity contribution in [3.63, 3.8) is 0 Å². The molecule has 0 fully saturated rings. The number of hydrogen-bond donors (Lipinski definition) is 1. The van der Waals surface area contributed by atoms with E-state index < -0.39 is 11.7 Å². The first-order chi connectivity index (χ1) is 9.11. The molecule has 0 heterocycles. The maximum atomic E-state index is 11.7. The van der Waals surface area contributed by atoms with Crippen molar-refractivity contribution in [2.75, 3.05) is 10.6 Å². The van der Waals surface area contributed by atoms with Crippen LogP contribution in [0, 0.1) is 5.41 Å². The molecule has 0 aliphatic rings. The quantitative estimate of drug-likeness (QED) is 0.782. The van der Waals surface area contributed by atoms with E-state index in [0.29, 0.717) is 0 Å². The molecule has 1 amide bonds. The molecule has 0 atom stereocenters. The summed E-state index contributed by atoms with van der Waals surface area (Å²) in [5.74, 6) is 0. The Balaban J connectivity index is 2.71. The molecular weight excluding hydrogens is 318 g/mol. The lowest BCUT2D eigenvalue weighted by molar-refractivity contribution is 0.0636.